The first-order chi connectivity index (χ1) is 12.6. The van der Waals surface area contributed by atoms with Crippen LogP contribution in [0.1, 0.15) is 45.4 Å². The predicted molar refractivity (Wildman–Crippen MR) is 106 cm³/mol. The van der Waals surface area contributed by atoms with E-state index >= 15 is 0 Å². The van der Waals surface area contributed by atoms with Crippen molar-refractivity contribution >= 4 is 21.9 Å². The fraction of sp³-hybridized carbons (Fsp3) is 0.400. The number of benzene rings is 2. The van der Waals surface area contributed by atoms with Gasteiger partial charge in [0.2, 0.25) is 0 Å². The summed E-state index contributed by atoms with van der Waals surface area (Å²) in [5.74, 6) is -0.213. The van der Waals surface area contributed by atoms with Gasteiger partial charge in [0.25, 0.3) is 10.1 Å². The minimum atomic E-state index is -3.88. The van der Waals surface area contributed by atoms with Crippen molar-refractivity contribution in [2.45, 2.75) is 55.2 Å². The topological polar surface area (TPSA) is 43.4 Å². The number of rotatable bonds is 10. The van der Waals surface area contributed by atoms with E-state index in [4.69, 9.17) is 0 Å². The molecule has 0 saturated carbocycles. The Morgan fingerprint density at radius 2 is 1.27 bits per heavy atom. The molecule has 0 unspecified atom stereocenters. The molecule has 0 heterocycles. The fourth-order valence-corrected chi connectivity index (χ4v) is 3.68. The van der Waals surface area contributed by atoms with Gasteiger partial charge in [-0.25, -0.2) is 0 Å². The largest absolute Gasteiger partial charge is 0.297 e. The fourth-order valence-electron chi connectivity index (χ4n) is 2.20. The number of hydrogen-bond donors (Lipinski definition) is 0. The maximum absolute atomic E-state index is 11.3. The van der Waals surface area contributed by atoms with Crippen LogP contribution in [0.2, 0.25) is 0 Å². The van der Waals surface area contributed by atoms with Crippen molar-refractivity contribution in [3.05, 3.63) is 60.7 Å². The summed E-state index contributed by atoms with van der Waals surface area (Å²) in [7, 11) is -3.88. The lowest BCUT2D eigenvalue weighted by Gasteiger charge is -1.99. The van der Waals surface area contributed by atoms with Crippen molar-refractivity contribution in [1.29, 1.82) is 0 Å². The first kappa shape index (κ1) is 22.7. The molecule has 6 heteroatoms. The quantitative estimate of drug-likeness (QED) is 0.433. The summed E-state index contributed by atoms with van der Waals surface area (Å²) in [6.45, 7) is 2.11. The molecule has 26 heavy (non-hydrogen) atoms. The zero-order chi connectivity index (χ0) is 19.1. The molecule has 2 aromatic rings. The van der Waals surface area contributed by atoms with E-state index in [1.54, 1.807) is 11.8 Å². The maximum Gasteiger partial charge on any atom is 0.297 e. The van der Waals surface area contributed by atoms with Crippen molar-refractivity contribution in [2.24, 2.45) is 0 Å². The Bertz CT molecular complexity index is 639. The minimum Gasteiger partial charge on any atom is -0.197 e. The van der Waals surface area contributed by atoms with E-state index in [1.807, 2.05) is 12.1 Å². The summed E-state index contributed by atoms with van der Waals surface area (Å²) < 4.78 is 35.1. The van der Waals surface area contributed by atoms with Crippen LogP contribution in [-0.4, -0.2) is 14.2 Å². The molecule has 0 radical (unpaired) electrons. The van der Waals surface area contributed by atoms with Gasteiger partial charge in [-0.15, -0.1) is 0 Å². The molecule has 2 rings (SSSR count). The summed E-state index contributed by atoms with van der Waals surface area (Å²) in [5.41, 5.74) is 0. The molecule has 3 nitrogen and oxygen atoms in total. The van der Waals surface area contributed by atoms with Gasteiger partial charge in [0.15, 0.2) is 0 Å². The van der Waals surface area contributed by atoms with Crippen molar-refractivity contribution in [1.82, 2.24) is 0 Å². The molecule has 0 amide bonds. The van der Waals surface area contributed by atoms with Gasteiger partial charge in [0.1, 0.15) is 0 Å². The van der Waals surface area contributed by atoms with Crippen molar-refractivity contribution in [3.63, 3.8) is 0 Å². The predicted octanol–water partition coefficient (Wildman–Crippen LogP) is 6.42. The SMILES string of the molecule is CCCCCCCCS(=O)(=O)OF.c1ccc(Sc2ccccc2)cc1. The first-order valence-corrected chi connectivity index (χ1v) is 11.3. The Kier molecular flexibility index (Phi) is 12.0. The van der Waals surface area contributed by atoms with Gasteiger partial charge in [-0.05, 0) is 35.2 Å². The molecule has 0 aliphatic carbocycles. The molecule has 0 aliphatic heterocycles. The van der Waals surface area contributed by atoms with Crippen molar-refractivity contribution in [3.8, 4) is 0 Å². The summed E-state index contributed by atoms with van der Waals surface area (Å²) in [6, 6.07) is 20.8. The van der Waals surface area contributed by atoms with Crippen LogP contribution in [0, 0.1) is 0 Å². The second-order valence-corrected chi connectivity index (χ2v) is 8.62. The van der Waals surface area contributed by atoms with E-state index < -0.39 is 10.1 Å². The summed E-state index contributed by atoms with van der Waals surface area (Å²) >= 11 is 1.79. The van der Waals surface area contributed by atoms with Crippen LogP contribution in [0.3, 0.4) is 0 Å². The molecule has 0 fully saturated rings. The highest BCUT2D eigenvalue weighted by atomic mass is 32.2. The second kappa shape index (κ2) is 13.8. The molecule has 144 valence electrons. The third kappa shape index (κ3) is 11.3. The van der Waals surface area contributed by atoms with Crippen LogP contribution in [0.25, 0.3) is 0 Å². The van der Waals surface area contributed by atoms with E-state index in [0.717, 1.165) is 25.7 Å². The Hall–Kier alpha value is -1.37. The first-order valence-electron chi connectivity index (χ1n) is 8.88. The van der Waals surface area contributed by atoms with Crippen molar-refractivity contribution < 1.29 is 17.3 Å². The van der Waals surface area contributed by atoms with E-state index in [9.17, 15) is 12.9 Å². The van der Waals surface area contributed by atoms with E-state index in [-0.39, 0.29) is 5.75 Å². The van der Waals surface area contributed by atoms with Crippen LogP contribution in [0.5, 0.6) is 0 Å². The molecule has 0 spiro atoms. The van der Waals surface area contributed by atoms with Gasteiger partial charge >= 0.3 is 0 Å². The highest BCUT2D eigenvalue weighted by Gasteiger charge is 2.09. The molecule has 0 saturated heterocycles. The Labute approximate surface area is 161 Å². The molecule has 0 aromatic heterocycles. The number of hydrogen-bond acceptors (Lipinski definition) is 4. The minimum absolute atomic E-state index is 0.213. The summed E-state index contributed by atoms with van der Waals surface area (Å²) in [4.78, 5) is 2.57. The zero-order valence-corrected chi connectivity index (χ0v) is 16.8. The summed E-state index contributed by atoms with van der Waals surface area (Å²) in [6.07, 6.45) is 5.76. The highest BCUT2D eigenvalue weighted by Crippen LogP contribution is 2.26. The molecule has 0 atom stereocenters. The average molecular weight is 399 g/mol. The van der Waals surface area contributed by atoms with Gasteiger partial charge in [-0.2, -0.15) is 8.42 Å². The third-order valence-corrected chi connectivity index (χ3v) is 5.56. The normalized spacial score (nSPS) is 10.8. The van der Waals surface area contributed by atoms with Crippen LogP contribution in [0.4, 0.5) is 4.53 Å². The van der Waals surface area contributed by atoms with Gasteiger partial charge in [-0.3, -0.25) is 0 Å². The Balaban J connectivity index is 0.000000260. The second-order valence-electron chi connectivity index (χ2n) is 5.82. The smallest absolute Gasteiger partial charge is 0.197 e. The summed E-state index contributed by atoms with van der Waals surface area (Å²) in [5, 5.41) is 0. The molecule has 0 aliphatic rings. The van der Waals surface area contributed by atoms with Crippen LogP contribution in [-0.2, 0) is 14.5 Å². The van der Waals surface area contributed by atoms with Gasteiger partial charge in [0.05, 0.1) is 5.75 Å². The standard InChI is InChI=1S/C12H10S.C8H17FO3S/c1-3-7-11(8-4-1)13-12-9-5-2-6-10-12;1-2-3-4-5-6-7-8-13(10,11)12-9/h1-10H;2-8H2,1H3. The number of unbranched alkanes of at least 4 members (excludes halogenated alkanes) is 5. The van der Waals surface area contributed by atoms with Gasteiger partial charge in [0, 0.05) is 9.79 Å². The van der Waals surface area contributed by atoms with Gasteiger partial charge in [-0.1, -0.05) is 91.6 Å². The van der Waals surface area contributed by atoms with Crippen LogP contribution >= 0.6 is 11.8 Å². The van der Waals surface area contributed by atoms with E-state index in [0.29, 0.717) is 6.42 Å². The Morgan fingerprint density at radius 1 is 0.808 bits per heavy atom. The highest BCUT2D eigenvalue weighted by molar-refractivity contribution is 7.99. The molecule has 0 bridgehead atoms. The lowest BCUT2D eigenvalue weighted by molar-refractivity contribution is 0.00288. The zero-order valence-electron chi connectivity index (χ0n) is 15.1. The molecule has 0 N–H and O–H groups in total. The third-order valence-electron chi connectivity index (χ3n) is 3.57. The monoisotopic (exact) mass is 398 g/mol. The van der Waals surface area contributed by atoms with E-state index in [2.05, 4.69) is 59.8 Å². The average Bonchev–Trinajstić information content (AvgIpc) is 2.67. The molecule has 2 aromatic carbocycles. The van der Waals surface area contributed by atoms with Crippen LogP contribution < -0.4 is 0 Å². The lowest BCUT2D eigenvalue weighted by Crippen LogP contribution is -2.05. The van der Waals surface area contributed by atoms with Crippen molar-refractivity contribution in [2.75, 3.05) is 5.75 Å². The Morgan fingerprint density at radius 3 is 1.73 bits per heavy atom. The lowest BCUT2D eigenvalue weighted by atomic mass is 10.1. The molecular formula is C20H27FO3S2. The number of halogens is 1. The van der Waals surface area contributed by atoms with Gasteiger partial charge < -0.3 is 0 Å². The molecular weight excluding hydrogens is 371 g/mol. The van der Waals surface area contributed by atoms with E-state index in [1.165, 1.54) is 16.2 Å². The van der Waals surface area contributed by atoms with Crippen LogP contribution in [0.15, 0.2) is 70.5 Å². The maximum atomic E-state index is 11.3.